The zero-order chi connectivity index (χ0) is 23.3. The molecule has 1 aliphatic heterocycles. The molecular weight excluding hydrogens is 435 g/mol. The summed E-state index contributed by atoms with van der Waals surface area (Å²) in [5, 5.41) is 28.9. The molecule has 5 rings (SSSR count). The van der Waals surface area contributed by atoms with Gasteiger partial charge in [0.15, 0.2) is 11.5 Å². The van der Waals surface area contributed by atoms with Crippen LogP contribution in [0.5, 0.6) is 0 Å². The molecule has 1 fully saturated rings. The lowest BCUT2D eigenvalue weighted by Gasteiger charge is -2.29. The molecule has 4 aromatic rings. The van der Waals surface area contributed by atoms with E-state index in [0.29, 0.717) is 17.2 Å². The summed E-state index contributed by atoms with van der Waals surface area (Å²) in [6, 6.07) is 10.4. The smallest absolute Gasteiger partial charge is 0.389 e. The normalized spacial score (nSPS) is 20.7. The Morgan fingerprint density at radius 2 is 1.79 bits per heavy atom. The first kappa shape index (κ1) is 21.7. The minimum atomic E-state index is -4.61. The fourth-order valence-corrected chi connectivity index (χ4v) is 4.48. The van der Waals surface area contributed by atoms with E-state index in [4.69, 9.17) is 4.98 Å². The van der Waals surface area contributed by atoms with E-state index >= 15 is 0 Å². The molecule has 0 amide bonds. The summed E-state index contributed by atoms with van der Waals surface area (Å²) >= 11 is 0. The molecule has 0 aliphatic carbocycles. The first-order valence-corrected chi connectivity index (χ1v) is 10.7. The van der Waals surface area contributed by atoms with Gasteiger partial charge in [-0.05, 0) is 29.7 Å². The third-order valence-corrected chi connectivity index (χ3v) is 6.12. The summed E-state index contributed by atoms with van der Waals surface area (Å²) < 4.78 is 43.7. The maximum absolute atomic E-state index is 14.1. The fourth-order valence-electron chi connectivity index (χ4n) is 4.48. The van der Waals surface area contributed by atoms with Crippen molar-refractivity contribution in [2.75, 3.05) is 13.1 Å². The van der Waals surface area contributed by atoms with Crippen molar-refractivity contribution < 1.29 is 23.4 Å². The predicted octanol–water partition coefficient (Wildman–Crippen LogP) is 3.15. The molecule has 1 aliphatic rings. The number of pyridine rings is 2. The predicted molar refractivity (Wildman–Crippen MR) is 115 cm³/mol. The zero-order valence-electron chi connectivity index (χ0n) is 17.7. The highest BCUT2D eigenvalue weighted by molar-refractivity contribution is 5.84. The fraction of sp³-hybridized carbons (Fsp3) is 0.348. The number of alkyl halides is 3. The van der Waals surface area contributed by atoms with E-state index in [1.165, 1.54) is 22.7 Å². The first-order chi connectivity index (χ1) is 15.8. The van der Waals surface area contributed by atoms with Crippen LogP contribution in [0.2, 0.25) is 0 Å². The number of aliphatic hydroxyl groups is 2. The van der Waals surface area contributed by atoms with Crippen LogP contribution < -0.4 is 0 Å². The number of likely N-dealkylation sites (tertiary alicyclic amines) is 1. The van der Waals surface area contributed by atoms with Crippen molar-refractivity contribution in [2.45, 2.75) is 37.8 Å². The number of hydrogen-bond donors (Lipinski definition) is 2. The summed E-state index contributed by atoms with van der Waals surface area (Å²) in [6.45, 7) is 1.49. The van der Waals surface area contributed by atoms with Gasteiger partial charge in [-0.15, -0.1) is 10.2 Å². The van der Waals surface area contributed by atoms with Crippen LogP contribution in [-0.2, 0) is 6.42 Å². The SMILES string of the molecule is CCc1cccc2ccc(-c3nnc4ccc(C(N5CC(O)C(O)C5)C(F)(F)F)cn34)nc12. The van der Waals surface area contributed by atoms with E-state index in [9.17, 15) is 23.4 Å². The van der Waals surface area contributed by atoms with E-state index in [0.717, 1.165) is 27.8 Å². The summed E-state index contributed by atoms with van der Waals surface area (Å²) in [6.07, 6.45) is -4.91. The Labute approximate surface area is 187 Å². The highest BCUT2D eigenvalue weighted by atomic mass is 19.4. The van der Waals surface area contributed by atoms with Gasteiger partial charge < -0.3 is 10.2 Å². The van der Waals surface area contributed by atoms with Gasteiger partial charge >= 0.3 is 6.18 Å². The maximum atomic E-state index is 14.1. The van der Waals surface area contributed by atoms with Gasteiger partial charge in [-0.2, -0.15) is 13.2 Å². The summed E-state index contributed by atoms with van der Waals surface area (Å²) in [7, 11) is 0. The first-order valence-electron chi connectivity index (χ1n) is 10.7. The van der Waals surface area contributed by atoms with E-state index in [1.54, 1.807) is 6.07 Å². The molecular formula is C23H22F3N5O2. The Bertz CT molecular complexity index is 1310. The molecule has 1 saturated heterocycles. The largest absolute Gasteiger partial charge is 0.408 e. The van der Waals surface area contributed by atoms with Crippen LogP contribution in [0.1, 0.15) is 24.1 Å². The number of benzene rings is 1. The van der Waals surface area contributed by atoms with Crippen LogP contribution in [0, 0.1) is 0 Å². The second-order valence-electron chi connectivity index (χ2n) is 8.29. The van der Waals surface area contributed by atoms with Gasteiger partial charge in [0.25, 0.3) is 0 Å². The minimum absolute atomic E-state index is 0.0348. The minimum Gasteiger partial charge on any atom is -0.389 e. The molecule has 0 bridgehead atoms. The Morgan fingerprint density at radius 1 is 1.03 bits per heavy atom. The quantitative estimate of drug-likeness (QED) is 0.490. The van der Waals surface area contributed by atoms with Crippen molar-refractivity contribution in [1.29, 1.82) is 0 Å². The highest BCUT2D eigenvalue weighted by Crippen LogP contribution is 2.39. The summed E-state index contributed by atoms with van der Waals surface area (Å²) in [5.41, 5.74) is 2.74. The van der Waals surface area contributed by atoms with Crippen LogP contribution in [0.3, 0.4) is 0 Å². The third-order valence-electron chi connectivity index (χ3n) is 6.12. The average Bonchev–Trinajstić information content (AvgIpc) is 3.34. The van der Waals surface area contributed by atoms with Gasteiger partial charge in [0.2, 0.25) is 0 Å². The van der Waals surface area contributed by atoms with E-state index < -0.39 is 24.4 Å². The highest BCUT2D eigenvalue weighted by Gasteiger charge is 2.48. The van der Waals surface area contributed by atoms with Crippen molar-refractivity contribution >= 4 is 16.6 Å². The van der Waals surface area contributed by atoms with Gasteiger partial charge in [0.05, 0.1) is 17.7 Å². The molecule has 172 valence electrons. The molecule has 0 spiro atoms. The van der Waals surface area contributed by atoms with Crippen molar-refractivity contribution in [3.8, 4) is 11.5 Å². The number of β-amino-alcohol motifs (C(OH)–C–C–N with tert-alkyl or cyclic N) is 2. The molecule has 33 heavy (non-hydrogen) atoms. The number of nitrogens with zero attached hydrogens (tertiary/aromatic N) is 5. The van der Waals surface area contributed by atoms with Crippen LogP contribution in [0.4, 0.5) is 13.2 Å². The number of aliphatic hydroxyl groups excluding tert-OH is 2. The Balaban J connectivity index is 1.61. The number of para-hydroxylation sites is 1. The lowest BCUT2D eigenvalue weighted by atomic mass is 10.1. The van der Waals surface area contributed by atoms with E-state index in [2.05, 4.69) is 10.2 Å². The Hall–Kier alpha value is -3.08. The molecule has 2 N–H and O–H groups in total. The lowest BCUT2D eigenvalue weighted by molar-refractivity contribution is -0.185. The second-order valence-corrected chi connectivity index (χ2v) is 8.29. The van der Waals surface area contributed by atoms with Crippen LogP contribution in [-0.4, -0.2) is 66.2 Å². The molecule has 3 atom stereocenters. The van der Waals surface area contributed by atoms with Crippen molar-refractivity contribution in [3.63, 3.8) is 0 Å². The standard InChI is InChI=1S/C23H22F3N5O2/c1-2-13-4-3-5-14-6-8-16(27-20(13)14)22-29-28-19-9-7-15(10-31(19)22)21(23(24,25)26)30-11-17(32)18(33)12-30/h3-10,17-18,21,32-33H,2,11-12H2,1H3. The van der Waals surface area contributed by atoms with Crippen molar-refractivity contribution in [2.24, 2.45) is 0 Å². The number of fused-ring (bicyclic) bond motifs is 2. The molecule has 7 nitrogen and oxygen atoms in total. The van der Waals surface area contributed by atoms with Gasteiger partial charge in [-0.1, -0.05) is 37.3 Å². The van der Waals surface area contributed by atoms with Gasteiger partial charge in [0.1, 0.15) is 11.7 Å². The zero-order valence-corrected chi connectivity index (χ0v) is 17.7. The number of rotatable bonds is 4. The molecule has 3 unspecified atom stereocenters. The van der Waals surface area contributed by atoms with Crippen LogP contribution in [0.15, 0.2) is 48.7 Å². The number of halogens is 3. The molecule has 0 radical (unpaired) electrons. The van der Waals surface area contributed by atoms with Crippen LogP contribution in [0.25, 0.3) is 28.1 Å². The lowest BCUT2D eigenvalue weighted by Crippen LogP contribution is -2.38. The van der Waals surface area contributed by atoms with Gasteiger partial charge in [0, 0.05) is 24.7 Å². The van der Waals surface area contributed by atoms with Crippen LogP contribution >= 0.6 is 0 Å². The monoisotopic (exact) mass is 457 g/mol. The summed E-state index contributed by atoms with van der Waals surface area (Å²) in [5.74, 6) is 0.335. The van der Waals surface area contributed by atoms with Crippen molar-refractivity contribution in [3.05, 3.63) is 59.8 Å². The number of hydrogen-bond acceptors (Lipinski definition) is 6. The molecule has 0 saturated carbocycles. The number of aromatic nitrogens is 4. The topological polar surface area (TPSA) is 86.8 Å². The second kappa shape index (κ2) is 8.05. The number of aryl methyl sites for hydroxylation is 1. The van der Waals surface area contributed by atoms with E-state index in [-0.39, 0.29) is 18.7 Å². The molecule has 1 aromatic carbocycles. The molecule has 10 heteroatoms. The van der Waals surface area contributed by atoms with Crippen molar-refractivity contribution in [1.82, 2.24) is 24.5 Å². The van der Waals surface area contributed by atoms with Gasteiger partial charge in [-0.3, -0.25) is 9.30 Å². The van der Waals surface area contributed by atoms with E-state index in [1.807, 2.05) is 31.2 Å². The maximum Gasteiger partial charge on any atom is 0.408 e. The Morgan fingerprint density at radius 3 is 2.48 bits per heavy atom. The molecule has 4 heterocycles. The Kier molecular flexibility index (Phi) is 5.31. The average molecular weight is 457 g/mol. The molecule has 3 aromatic heterocycles. The summed E-state index contributed by atoms with van der Waals surface area (Å²) in [4.78, 5) is 5.78. The van der Waals surface area contributed by atoms with Gasteiger partial charge in [-0.25, -0.2) is 4.98 Å². The third kappa shape index (κ3) is 3.84.